The molecule has 33 heavy (non-hydrogen) atoms. The number of rotatable bonds is 6. The highest BCUT2D eigenvalue weighted by atomic mass is 16.7. The number of aliphatic hydroxyl groups excluding tert-OH is 6. The van der Waals surface area contributed by atoms with Crippen LogP contribution >= 0.6 is 0 Å². The summed E-state index contributed by atoms with van der Waals surface area (Å²) in [5.41, 5.74) is 19.3. The van der Waals surface area contributed by atoms with Crippen LogP contribution in [0, 0.1) is 0 Å². The topological polar surface area (TPSA) is 296 Å². The zero-order valence-electron chi connectivity index (χ0n) is 18.6. The van der Waals surface area contributed by atoms with Crippen molar-refractivity contribution in [2.24, 2.45) is 0 Å². The van der Waals surface area contributed by atoms with E-state index in [1.165, 1.54) is 0 Å². The summed E-state index contributed by atoms with van der Waals surface area (Å²) in [4.78, 5) is 0. The van der Waals surface area contributed by atoms with Gasteiger partial charge in [0.2, 0.25) is 6.29 Å². The maximum absolute atomic E-state index is 10.9. The summed E-state index contributed by atoms with van der Waals surface area (Å²) in [6, 6.07) is -1.76. The Kier molecular flexibility index (Phi) is 8.99. The second-order valence-corrected chi connectivity index (χ2v) is 9.23. The van der Waals surface area contributed by atoms with Crippen molar-refractivity contribution in [3.05, 3.63) is 0 Å². The quantitative estimate of drug-likeness (QED) is 0.168. The molecule has 15 nitrogen and oxygen atoms in total. The average molecular weight is 489 g/mol. The van der Waals surface area contributed by atoms with Crippen LogP contribution in [-0.4, -0.2) is 135 Å². The van der Waals surface area contributed by atoms with Crippen molar-refractivity contribution >= 4 is 0 Å². The molecule has 0 amide bonds. The van der Waals surface area contributed by atoms with E-state index in [1.54, 1.807) is 0 Å². The van der Waals surface area contributed by atoms with Crippen LogP contribution in [0.1, 0.15) is 6.42 Å². The molecule has 0 bridgehead atoms. The third kappa shape index (κ3) is 5.32. The molecule has 0 aromatic rings. The molecule has 2 heterocycles. The van der Waals surface area contributed by atoms with Gasteiger partial charge in [0, 0.05) is 0 Å². The largest absolute Gasteiger partial charge is 0.387 e. The van der Waals surface area contributed by atoms with Gasteiger partial charge >= 0.3 is 0 Å². The predicted molar refractivity (Wildman–Crippen MR) is 103 cm³/mol. The minimum Gasteiger partial charge on any atom is -0.387 e. The van der Waals surface area contributed by atoms with E-state index < -0.39 is 91.7 Å². The molecule has 21 N–H and O–H groups in total. The smallest absolute Gasteiger partial charge is 0.214 e. The van der Waals surface area contributed by atoms with Crippen molar-refractivity contribution in [2.45, 2.75) is 98.2 Å². The summed E-state index contributed by atoms with van der Waals surface area (Å²) in [5, 5.41) is 62.1. The van der Waals surface area contributed by atoms with Gasteiger partial charge in [-0.1, -0.05) is 0 Å². The van der Waals surface area contributed by atoms with Crippen LogP contribution in [0.25, 0.3) is 0 Å². The highest BCUT2D eigenvalue weighted by Gasteiger charge is 2.54. The number of hydrogen-bond donors (Lipinski definition) is 11. The fraction of sp³-hybridized carbons (Fsp3) is 1.00. The Balaban J connectivity index is 1.80. The first kappa shape index (κ1) is 27.0. The Morgan fingerprint density at radius 2 is 1.12 bits per heavy atom. The first-order valence-corrected chi connectivity index (χ1v) is 11.3. The van der Waals surface area contributed by atoms with E-state index in [0.717, 1.165) is 0 Å². The summed E-state index contributed by atoms with van der Waals surface area (Å²) in [6.07, 6.45) is -13.7. The van der Waals surface area contributed by atoms with E-state index in [4.69, 9.17) is 18.9 Å². The third-order valence-corrected chi connectivity index (χ3v) is 6.86. The first-order valence-electron chi connectivity index (χ1n) is 11.3. The summed E-state index contributed by atoms with van der Waals surface area (Å²) in [6.45, 7) is 0.293. The van der Waals surface area contributed by atoms with Crippen molar-refractivity contribution < 1.29 is 78.3 Å². The standard InChI is InChI=1S/C18H37N5O10/c19-2-6-10(25)12(27)8(23)17(30-6)32-15-5(22)1-4(21)9(24)16(15)33-18-14(29)13(28)11(26)7(3-20)31-18/h4-18,24-29H,1-3,19-23H2/p+5/t4-,5+,6-,7-,8-,9+,10-,11-,12-,13-,14-,15-,16-,17-,18+/m1/s1. The van der Waals surface area contributed by atoms with Crippen LogP contribution in [-0.2, 0) is 18.9 Å². The Labute approximate surface area is 190 Å². The zero-order chi connectivity index (χ0) is 24.6. The van der Waals surface area contributed by atoms with Gasteiger partial charge in [-0.05, 0) is 0 Å². The minimum atomic E-state index is -1.59. The Morgan fingerprint density at radius 3 is 1.70 bits per heavy atom. The van der Waals surface area contributed by atoms with Crippen molar-refractivity contribution in [1.82, 2.24) is 0 Å². The molecule has 3 aliphatic rings. The maximum atomic E-state index is 10.9. The average Bonchev–Trinajstić information content (AvgIpc) is 2.79. The van der Waals surface area contributed by atoms with Gasteiger partial charge in [-0.15, -0.1) is 0 Å². The van der Waals surface area contributed by atoms with Gasteiger partial charge in [0.25, 0.3) is 0 Å². The van der Waals surface area contributed by atoms with Crippen LogP contribution in [0.15, 0.2) is 0 Å². The summed E-state index contributed by atoms with van der Waals surface area (Å²) >= 11 is 0. The first-order chi connectivity index (χ1) is 15.5. The molecule has 0 aromatic heterocycles. The molecule has 194 valence electrons. The van der Waals surface area contributed by atoms with Crippen LogP contribution in [0.2, 0.25) is 0 Å². The van der Waals surface area contributed by atoms with E-state index in [9.17, 15) is 30.6 Å². The molecule has 1 aliphatic carbocycles. The fourth-order valence-corrected chi connectivity index (χ4v) is 4.68. The third-order valence-electron chi connectivity index (χ3n) is 6.86. The molecule has 3 fully saturated rings. The zero-order valence-corrected chi connectivity index (χ0v) is 18.6. The van der Waals surface area contributed by atoms with E-state index in [2.05, 4.69) is 28.7 Å². The van der Waals surface area contributed by atoms with Gasteiger partial charge in [-0.25, -0.2) is 0 Å². The molecular weight excluding hydrogens is 446 g/mol. The van der Waals surface area contributed by atoms with E-state index in [-0.39, 0.29) is 13.1 Å². The lowest BCUT2D eigenvalue weighted by Gasteiger charge is -2.46. The molecule has 0 spiro atoms. The number of quaternary nitrogens is 5. The van der Waals surface area contributed by atoms with E-state index >= 15 is 0 Å². The number of hydrogen-bond acceptors (Lipinski definition) is 10. The van der Waals surface area contributed by atoms with Crippen molar-refractivity contribution in [3.8, 4) is 0 Å². The normalized spacial score (nSPS) is 53.7. The molecule has 0 aromatic carbocycles. The van der Waals surface area contributed by atoms with E-state index in [0.29, 0.717) is 6.42 Å². The van der Waals surface area contributed by atoms with Crippen molar-refractivity contribution in [1.29, 1.82) is 0 Å². The molecule has 2 saturated heterocycles. The van der Waals surface area contributed by atoms with Gasteiger partial charge in [0.1, 0.15) is 86.2 Å². The summed E-state index contributed by atoms with van der Waals surface area (Å²) in [5.74, 6) is 0. The highest BCUT2D eigenvalue weighted by Crippen LogP contribution is 2.30. The lowest BCUT2D eigenvalue weighted by atomic mass is 9.84. The molecule has 0 unspecified atom stereocenters. The SMILES string of the molecule is [NH3+]C[C@H]1O[C@@H](O[C@@H]2[C@@H](O)[C@H]([NH3+])C[C@H]([NH3+])[C@H]2O[C@H]2O[C@H](C[NH3+])[C@@H](O)[C@H](O)[C@H]2[NH3+])[C@H](O)[C@H](O)[C@@H]1O. The Bertz CT molecular complexity index is 635. The van der Waals surface area contributed by atoms with Crippen LogP contribution in [0.5, 0.6) is 0 Å². The molecule has 15 heteroatoms. The number of aliphatic hydroxyl groups is 6. The van der Waals surface area contributed by atoms with Crippen LogP contribution in [0.4, 0.5) is 0 Å². The molecule has 2 aliphatic heterocycles. The molecule has 1 saturated carbocycles. The molecular formula is C18H42N5O10+5. The minimum absolute atomic E-state index is 0.111. The van der Waals surface area contributed by atoms with E-state index in [1.807, 2.05) is 0 Å². The molecule has 15 atom stereocenters. The van der Waals surface area contributed by atoms with Gasteiger partial charge in [-0.3, -0.25) is 0 Å². The van der Waals surface area contributed by atoms with Gasteiger partial charge in [-0.2, -0.15) is 0 Å². The summed E-state index contributed by atoms with van der Waals surface area (Å²) in [7, 11) is 0. The molecule has 3 rings (SSSR count). The second kappa shape index (κ2) is 11.0. The lowest BCUT2D eigenvalue weighted by molar-refractivity contribution is -0.537. The lowest BCUT2D eigenvalue weighted by Crippen LogP contribution is -2.84. The fourth-order valence-electron chi connectivity index (χ4n) is 4.68. The Hall–Kier alpha value is -0.600. The second-order valence-electron chi connectivity index (χ2n) is 9.23. The number of ether oxygens (including phenoxy) is 4. The van der Waals surface area contributed by atoms with Crippen molar-refractivity contribution in [3.63, 3.8) is 0 Å². The maximum Gasteiger partial charge on any atom is 0.214 e. The summed E-state index contributed by atoms with van der Waals surface area (Å²) < 4.78 is 23.4. The van der Waals surface area contributed by atoms with Crippen molar-refractivity contribution in [2.75, 3.05) is 13.1 Å². The highest BCUT2D eigenvalue weighted by molar-refractivity contribution is 4.97. The molecule has 0 radical (unpaired) electrons. The Morgan fingerprint density at radius 1 is 0.606 bits per heavy atom. The van der Waals surface area contributed by atoms with Gasteiger partial charge < -0.3 is 78.3 Å². The van der Waals surface area contributed by atoms with Crippen LogP contribution in [0.3, 0.4) is 0 Å². The van der Waals surface area contributed by atoms with Gasteiger partial charge in [0.15, 0.2) is 12.3 Å². The van der Waals surface area contributed by atoms with Gasteiger partial charge in [0.05, 0.1) is 6.42 Å². The van der Waals surface area contributed by atoms with Crippen LogP contribution < -0.4 is 28.7 Å². The monoisotopic (exact) mass is 488 g/mol. The predicted octanol–water partition coefficient (Wildman–Crippen LogP) is -10.9.